The number of nitrogens with zero attached hydrogens (tertiary/aromatic N) is 4. The van der Waals surface area contributed by atoms with E-state index in [0.717, 1.165) is 44.3 Å². The molecule has 3 aromatic heterocycles. The molecule has 1 N–H and O–H groups in total. The zero-order valence-corrected chi connectivity index (χ0v) is 13.6. The van der Waals surface area contributed by atoms with Crippen molar-refractivity contribution in [2.75, 3.05) is 0 Å². The van der Waals surface area contributed by atoms with Gasteiger partial charge in [0.15, 0.2) is 0 Å². The van der Waals surface area contributed by atoms with Crippen molar-refractivity contribution in [3.63, 3.8) is 0 Å². The van der Waals surface area contributed by atoms with E-state index in [2.05, 4.69) is 50.6 Å². The molecule has 0 aliphatic heterocycles. The van der Waals surface area contributed by atoms with Crippen LogP contribution < -0.4 is 0 Å². The molecule has 25 heavy (non-hydrogen) atoms. The zero-order valence-electron chi connectivity index (χ0n) is 13.6. The van der Waals surface area contributed by atoms with Gasteiger partial charge in [-0.1, -0.05) is 41.6 Å². The Bertz CT molecular complexity index is 1200. The van der Waals surface area contributed by atoms with E-state index in [1.165, 1.54) is 0 Å². The lowest BCUT2D eigenvalue weighted by molar-refractivity contribution is 0.736. The fraction of sp³-hybridized carbons (Fsp3) is 0.0500. The van der Waals surface area contributed by atoms with Crippen molar-refractivity contribution < 1.29 is 0 Å². The molecule has 0 radical (unpaired) electrons. The van der Waals surface area contributed by atoms with Crippen LogP contribution in [-0.2, 0) is 7.05 Å². The quantitative estimate of drug-likeness (QED) is 0.530. The van der Waals surface area contributed by atoms with Gasteiger partial charge in [-0.05, 0) is 29.3 Å². The summed E-state index contributed by atoms with van der Waals surface area (Å²) >= 11 is 0. The van der Waals surface area contributed by atoms with Gasteiger partial charge in [0.05, 0.1) is 5.52 Å². The minimum atomic E-state index is 0.887. The predicted molar refractivity (Wildman–Crippen MR) is 99.0 cm³/mol. The van der Waals surface area contributed by atoms with Crippen molar-refractivity contribution in [3.05, 3.63) is 67.0 Å². The van der Waals surface area contributed by atoms with E-state index in [9.17, 15) is 0 Å². The Kier molecular flexibility index (Phi) is 2.94. The van der Waals surface area contributed by atoms with E-state index in [0.29, 0.717) is 0 Å². The Morgan fingerprint density at radius 2 is 1.80 bits per heavy atom. The van der Waals surface area contributed by atoms with Crippen LogP contribution in [0.25, 0.3) is 44.3 Å². The number of hydrogen-bond donors (Lipinski definition) is 1. The molecule has 5 nitrogen and oxygen atoms in total. The van der Waals surface area contributed by atoms with Crippen molar-refractivity contribution in [2.24, 2.45) is 7.05 Å². The smallest absolute Gasteiger partial charge is 0.137 e. The molecule has 120 valence electrons. The molecule has 0 atom stereocenters. The fourth-order valence-electron chi connectivity index (χ4n) is 3.23. The average molecular weight is 325 g/mol. The second-order valence-electron chi connectivity index (χ2n) is 6.11. The van der Waals surface area contributed by atoms with E-state index in [1.54, 1.807) is 4.68 Å². The van der Waals surface area contributed by atoms with Gasteiger partial charge in [0.2, 0.25) is 0 Å². The van der Waals surface area contributed by atoms with Crippen LogP contribution in [0.4, 0.5) is 0 Å². The maximum atomic E-state index is 4.59. The van der Waals surface area contributed by atoms with Crippen LogP contribution in [0.1, 0.15) is 0 Å². The summed E-state index contributed by atoms with van der Waals surface area (Å²) in [7, 11) is 1.91. The number of fused-ring (bicyclic) bond motifs is 2. The first-order valence-electron chi connectivity index (χ1n) is 8.12. The van der Waals surface area contributed by atoms with Crippen LogP contribution in [0, 0.1) is 0 Å². The van der Waals surface area contributed by atoms with Gasteiger partial charge in [-0.2, -0.15) is 0 Å². The second-order valence-corrected chi connectivity index (χ2v) is 6.11. The summed E-state index contributed by atoms with van der Waals surface area (Å²) in [5, 5.41) is 9.34. The Morgan fingerprint density at radius 1 is 0.920 bits per heavy atom. The molecule has 0 saturated heterocycles. The molecule has 5 heteroatoms. The molecule has 0 bridgehead atoms. The summed E-state index contributed by atoms with van der Waals surface area (Å²) in [6.45, 7) is 0. The third-order valence-corrected chi connectivity index (χ3v) is 4.56. The van der Waals surface area contributed by atoms with E-state index >= 15 is 0 Å². The normalized spacial score (nSPS) is 11.4. The van der Waals surface area contributed by atoms with Crippen LogP contribution in [0.15, 0.2) is 67.0 Å². The number of hydrogen-bond acceptors (Lipinski definition) is 3. The average Bonchev–Trinajstić information content (AvgIpc) is 3.25. The molecule has 0 spiro atoms. The van der Waals surface area contributed by atoms with E-state index in [4.69, 9.17) is 0 Å². The lowest BCUT2D eigenvalue weighted by atomic mass is 10.0. The first-order chi connectivity index (χ1) is 12.3. The van der Waals surface area contributed by atoms with Gasteiger partial charge < -0.3 is 4.98 Å². The van der Waals surface area contributed by atoms with Gasteiger partial charge in [0.25, 0.3) is 0 Å². The fourth-order valence-corrected chi connectivity index (χ4v) is 3.23. The maximum Gasteiger partial charge on any atom is 0.137 e. The van der Waals surface area contributed by atoms with E-state index in [1.807, 2.05) is 43.7 Å². The van der Waals surface area contributed by atoms with Gasteiger partial charge in [-0.25, -0.2) is 9.67 Å². The van der Waals surface area contributed by atoms with Gasteiger partial charge in [-0.3, -0.25) is 0 Å². The maximum absolute atomic E-state index is 4.59. The zero-order chi connectivity index (χ0) is 16.8. The van der Waals surface area contributed by atoms with Crippen molar-refractivity contribution in [1.29, 1.82) is 0 Å². The molecule has 0 unspecified atom stereocenters. The Morgan fingerprint density at radius 3 is 2.68 bits per heavy atom. The molecule has 2 aromatic carbocycles. The number of aryl methyl sites for hydroxylation is 1. The van der Waals surface area contributed by atoms with Gasteiger partial charge in [0, 0.05) is 36.0 Å². The van der Waals surface area contributed by atoms with Crippen molar-refractivity contribution in [2.45, 2.75) is 0 Å². The number of aromatic amines is 1. The summed E-state index contributed by atoms with van der Waals surface area (Å²) < 4.78 is 1.79. The van der Waals surface area contributed by atoms with E-state index in [-0.39, 0.29) is 0 Å². The topological polar surface area (TPSA) is 59.4 Å². The Balaban J connectivity index is 1.71. The number of pyridine rings is 1. The molecule has 0 fully saturated rings. The molecular weight excluding hydrogens is 310 g/mol. The third kappa shape index (κ3) is 2.21. The first kappa shape index (κ1) is 13.9. The van der Waals surface area contributed by atoms with Gasteiger partial charge >= 0.3 is 0 Å². The molecule has 3 heterocycles. The largest absolute Gasteiger partial charge is 0.346 e. The standard InChI is InChI=1S/C20H15N5/c1-25-19-10-14(7-8-18(19)23-24-25)17-12-22-20-16(17)9-15(11-21-20)13-5-3-2-4-6-13/h2-12H,1H3,(H,21,22). The molecule has 0 aliphatic carbocycles. The number of aromatic nitrogens is 5. The summed E-state index contributed by atoms with van der Waals surface area (Å²) in [5.74, 6) is 0. The minimum absolute atomic E-state index is 0.887. The van der Waals surface area contributed by atoms with Gasteiger partial charge in [-0.15, -0.1) is 5.10 Å². The summed E-state index contributed by atoms with van der Waals surface area (Å²) in [4.78, 5) is 7.86. The molecule has 5 rings (SSSR count). The lowest BCUT2D eigenvalue weighted by Gasteiger charge is -2.04. The molecule has 0 saturated carbocycles. The summed E-state index contributed by atoms with van der Waals surface area (Å²) in [6.07, 6.45) is 3.92. The Labute approximate surface area is 143 Å². The van der Waals surface area contributed by atoms with Crippen LogP contribution in [-0.4, -0.2) is 25.0 Å². The molecule has 5 aromatic rings. The highest BCUT2D eigenvalue weighted by Crippen LogP contribution is 2.32. The molecular formula is C20H15N5. The highest BCUT2D eigenvalue weighted by Gasteiger charge is 2.11. The highest BCUT2D eigenvalue weighted by atomic mass is 15.4. The van der Waals surface area contributed by atoms with Crippen molar-refractivity contribution >= 4 is 22.1 Å². The monoisotopic (exact) mass is 325 g/mol. The number of H-pyrrole nitrogens is 1. The van der Waals surface area contributed by atoms with Crippen molar-refractivity contribution in [1.82, 2.24) is 25.0 Å². The lowest BCUT2D eigenvalue weighted by Crippen LogP contribution is -1.89. The van der Waals surface area contributed by atoms with Crippen LogP contribution in [0.2, 0.25) is 0 Å². The summed E-state index contributed by atoms with van der Waals surface area (Å²) in [6, 6.07) is 18.7. The number of benzene rings is 2. The molecule has 0 aliphatic rings. The first-order valence-corrected chi connectivity index (χ1v) is 8.12. The number of nitrogens with one attached hydrogen (secondary N) is 1. The third-order valence-electron chi connectivity index (χ3n) is 4.56. The predicted octanol–water partition coefficient (Wildman–Crippen LogP) is 4.18. The number of rotatable bonds is 2. The summed E-state index contributed by atoms with van der Waals surface area (Å²) in [5.41, 5.74) is 7.32. The van der Waals surface area contributed by atoms with Crippen LogP contribution in [0.3, 0.4) is 0 Å². The van der Waals surface area contributed by atoms with Gasteiger partial charge in [0.1, 0.15) is 11.2 Å². The molecule has 0 amide bonds. The second kappa shape index (κ2) is 5.27. The highest BCUT2D eigenvalue weighted by molar-refractivity contribution is 5.97. The van der Waals surface area contributed by atoms with Crippen LogP contribution in [0.5, 0.6) is 0 Å². The van der Waals surface area contributed by atoms with Crippen LogP contribution >= 0.6 is 0 Å². The Hall–Kier alpha value is -3.47. The SMILES string of the molecule is Cn1nnc2ccc(-c3c[nH]c4ncc(-c5ccccc5)cc34)cc21. The minimum Gasteiger partial charge on any atom is -0.346 e. The van der Waals surface area contributed by atoms with E-state index < -0.39 is 0 Å². The van der Waals surface area contributed by atoms with Crippen molar-refractivity contribution in [3.8, 4) is 22.3 Å².